The Kier molecular flexibility index (Phi) is 3.26. The molecule has 0 fully saturated rings. The molecule has 0 aromatic heterocycles. The SMILES string of the molecule is N#CC1(NCC(F)(F)F)Cc2ccc(Cl)cc2C1. The van der Waals surface area contributed by atoms with Gasteiger partial charge in [0.2, 0.25) is 0 Å². The van der Waals surface area contributed by atoms with Crippen LogP contribution < -0.4 is 5.32 Å². The van der Waals surface area contributed by atoms with E-state index >= 15 is 0 Å². The largest absolute Gasteiger partial charge is 0.401 e. The maximum absolute atomic E-state index is 12.2. The number of alkyl halides is 3. The number of hydrogen-bond acceptors (Lipinski definition) is 2. The molecule has 1 aliphatic rings. The van der Waals surface area contributed by atoms with Crippen molar-refractivity contribution in [1.29, 1.82) is 5.26 Å². The van der Waals surface area contributed by atoms with Gasteiger partial charge in [0, 0.05) is 17.9 Å². The average Bonchev–Trinajstić information content (AvgIpc) is 2.64. The Hall–Kier alpha value is -1.25. The molecule has 0 saturated carbocycles. The van der Waals surface area contributed by atoms with Gasteiger partial charge in [0.05, 0.1) is 12.6 Å². The highest BCUT2D eigenvalue weighted by molar-refractivity contribution is 6.30. The first-order valence-electron chi connectivity index (χ1n) is 5.34. The summed E-state index contributed by atoms with van der Waals surface area (Å²) >= 11 is 5.83. The van der Waals surface area contributed by atoms with E-state index in [4.69, 9.17) is 16.9 Å². The second-order valence-electron chi connectivity index (χ2n) is 4.43. The summed E-state index contributed by atoms with van der Waals surface area (Å²) in [6, 6.07) is 7.10. The van der Waals surface area contributed by atoms with Gasteiger partial charge in [0.1, 0.15) is 5.54 Å². The number of rotatable bonds is 2. The molecule has 1 aliphatic carbocycles. The molecule has 0 aliphatic heterocycles. The van der Waals surface area contributed by atoms with Gasteiger partial charge in [-0.05, 0) is 23.3 Å². The number of hydrogen-bond donors (Lipinski definition) is 1. The van der Waals surface area contributed by atoms with Crippen LogP contribution in [0.15, 0.2) is 18.2 Å². The molecule has 18 heavy (non-hydrogen) atoms. The van der Waals surface area contributed by atoms with Gasteiger partial charge in [0.25, 0.3) is 0 Å². The van der Waals surface area contributed by atoms with Crippen LogP contribution in [-0.4, -0.2) is 18.3 Å². The summed E-state index contributed by atoms with van der Waals surface area (Å²) in [6.45, 7) is -1.16. The Morgan fingerprint density at radius 1 is 1.33 bits per heavy atom. The zero-order valence-corrected chi connectivity index (χ0v) is 10.1. The van der Waals surface area contributed by atoms with Crippen LogP contribution in [0, 0.1) is 11.3 Å². The third kappa shape index (κ3) is 2.77. The molecular weight excluding hydrogens is 265 g/mol. The fourth-order valence-corrected chi connectivity index (χ4v) is 2.35. The van der Waals surface area contributed by atoms with Gasteiger partial charge >= 0.3 is 6.18 Å². The van der Waals surface area contributed by atoms with Crippen molar-refractivity contribution < 1.29 is 13.2 Å². The van der Waals surface area contributed by atoms with E-state index in [0.717, 1.165) is 11.1 Å². The van der Waals surface area contributed by atoms with Crippen LogP contribution in [-0.2, 0) is 12.8 Å². The maximum atomic E-state index is 12.2. The van der Waals surface area contributed by atoms with Crippen molar-refractivity contribution in [3.05, 3.63) is 34.3 Å². The third-order valence-electron chi connectivity index (χ3n) is 2.99. The number of nitriles is 1. The van der Waals surface area contributed by atoms with Crippen molar-refractivity contribution in [3.63, 3.8) is 0 Å². The molecule has 0 spiro atoms. The topological polar surface area (TPSA) is 35.8 Å². The molecule has 0 heterocycles. The zero-order chi connectivity index (χ0) is 13.4. The predicted octanol–water partition coefficient (Wildman–Crippen LogP) is 2.85. The lowest BCUT2D eigenvalue weighted by Crippen LogP contribution is -2.48. The predicted molar refractivity (Wildman–Crippen MR) is 61.3 cm³/mol. The molecule has 6 heteroatoms. The van der Waals surface area contributed by atoms with Crippen molar-refractivity contribution in [3.8, 4) is 6.07 Å². The third-order valence-corrected chi connectivity index (χ3v) is 3.23. The summed E-state index contributed by atoms with van der Waals surface area (Å²) < 4.78 is 36.6. The summed E-state index contributed by atoms with van der Waals surface area (Å²) in [7, 11) is 0. The Bertz CT molecular complexity index is 507. The molecule has 0 radical (unpaired) electrons. The van der Waals surface area contributed by atoms with Crippen LogP contribution in [0.3, 0.4) is 0 Å². The fourth-order valence-electron chi connectivity index (χ4n) is 2.16. The molecular formula is C12H10ClF3N2. The van der Waals surface area contributed by atoms with E-state index in [2.05, 4.69) is 5.32 Å². The lowest BCUT2D eigenvalue weighted by Gasteiger charge is -2.23. The number of fused-ring (bicyclic) bond motifs is 1. The van der Waals surface area contributed by atoms with Gasteiger partial charge in [-0.3, -0.25) is 5.32 Å². The van der Waals surface area contributed by atoms with E-state index in [1.54, 1.807) is 18.2 Å². The number of nitrogens with zero attached hydrogens (tertiary/aromatic N) is 1. The van der Waals surface area contributed by atoms with Crippen molar-refractivity contribution in [2.45, 2.75) is 24.6 Å². The van der Waals surface area contributed by atoms with E-state index in [9.17, 15) is 13.2 Å². The molecule has 2 rings (SSSR count). The highest BCUT2D eigenvalue weighted by Gasteiger charge is 2.40. The lowest BCUT2D eigenvalue weighted by atomic mass is 9.98. The van der Waals surface area contributed by atoms with Crippen molar-refractivity contribution >= 4 is 11.6 Å². The zero-order valence-electron chi connectivity index (χ0n) is 9.31. The highest BCUT2D eigenvalue weighted by Crippen LogP contribution is 2.32. The average molecular weight is 275 g/mol. The molecule has 1 atom stereocenters. The molecule has 96 valence electrons. The smallest absolute Gasteiger partial charge is 0.290 e. The van der Waals surface area contributed by atoms with E-state index in [-0.39, 0.29) is 12.8 Å². The highest BCUT2D eigenvalue weighted by atomic mass is 35.5. The standard InChI is InChI=1S/C12H10ClF3N2/c13-10-2-1-8-4-11(6-17,5-9(8)3-10)18-7-12(14,15)16/h1-3,18H,4-5,7H2. The van der Waals surface area contributed by atoms with Gasteiger partial charge < -0.3 is 0 Å². The molecule has 0 bridgehead atoms. The first-order valence-corrected chi connectivity index (χ1v) is 5.72. The molecule has 1 N–H and O–H groups in total. The Morgan fingerprint density at radius 2 is 2.00 bits per heavy atom. The van der Waals surface area contributed by atoms with Crippen molar-refractivity contribution in [1.82, 2.24) is 5.32 Å². The van der Waals surface area contributed by atoms with Gasteiger partial charge in [0.15, 0.2) is 0 Å². The lowest BCUT2D eigenvalue weighted by molar-refractivity contribution is -0.127. The minimum atomic E-state index is -4.32. The molecule has 2 nitrogen and oxygen atoms in total. The molecule has 1 aromatic carbocycles. The Labute approximate surface area is 107 Å². The Balaban J connectivity index is 2.17. The summed E-state index contributed by atoms with van der Waals surface area (Å²) in [5.74, 6) is 0. The van der Waals surface area contributed by atoms with E-state index in [1.807, 2.05) is 6.07 Å². The Morgan fingerprint density at radius 3 is 2.61 bits per heavy atom. The minimum absolute atomic E-state index is 0.246. The summed E-state index contributed by atoms with van der Waals surface area (Å²) in [4.78, 5) is 0. The fraction of sp³-hybridized carbons (Fsp3) is 0.417. The van der Waals surface area contributed by atoms with Crippen LogP contribution in [0.2, 0.25) is 5.02 Å². The van der Waals surface area contributed by atoms with Crippen LogP contribution in [0.4, 0.5) is 13.2 Å². The monoisotopic (exact) mass is 274 g/mol. The van der Waals surface area contributed by atoms with Crippen molar-refractivity contribution in [2.24, 2.45) is 0 Å². The molecule has 1 unspecified atom stereocenters. The van der Waals surface area contributed by atoms with Gasteiger partial charge in [-0.2, -0.15) is 18.4 Å². The molecule has 0 amide bonds. The second kappa shape index (κ2) is 4.45. The summed E-state index contributed by atoms with van der Waals surface area (Å²) in [5.41, 5.74) is 0.525. The second-order valence-corrected chi connectivity index (χ2v) is 4.87. The minimum Gasteiger partial charge on any atom is -0.290 e. The van der Waals surface area contributed by atoms with Crippen LogP contribution >= 0.6 is 11.6 Å². The first-order chi connectivity index (χ1) is 8.34. The van der Waals surface area contributed by atoms with E-state index in [1.165, 1.54) is 0 Å². The van der Waals surface area contributed by atoms with E-state index < -0.39 is 18.3 Å². The molecule has 1 aromatic rings. The molecule has 0 saturated heterocycles. The van der Waals surface area contributed by atoms with Gasteiger partial charge in [-0.25, -0.2) is 0 Å². The quantitative estimate of drug-likeness (QED) is 0.900. The normalized spacial score (nSPS) is 22.6. The van der Waals surface area contributed by atoms with E-state index in [0.29, 0.717) is 5.02 Å². The van der Waals surface area contributed by atoms with Gasteiger partial charge in [-0.1, -0.05) is 17.7 Å². The number of halogens is 4. The van der Waals surface area contributed by atoms with Crippen LogP contribution in [0.1, 0.15) is 11.1 Å². The van der Waals surface area contributed by atoms with Crippen molar-refractivity contribution in [2.75, 3.05) is 6.54 Å². The van der Waals surface area contributed by atoms with Crippen LogP contribution in [0.5, 0.6) is 0 Å². The number of benzene rings is 1. The first kappa shape index (κ1) is 13.2. The summed E-state index contributed by atoms with van der Waals surface area (Å²) in [5, 5.41) is 12.0. The summed E-state index contributed by atoms with van der Waals surface area (Å²) in [6.07, 6.45) is -3.81. The van der Waals surface area contributed by atoms with Gasteiger partial charge in [-0.15, -0.1) is 0 Å². The maximum Gasteiger partial charge on any atom is 0.401 e. The number of nitrogens with one attached hydrogen (secondary N) is 1. The van der Waals surface area contributed by atoms with Crippen LogP contribution in [0.25, 0.3) is 0 Å².